The monoisotopic (exact) mass is 297 g/mol. The molecule has 5 nitrogen and oxygen atoms in total. The van der Waals surface area contributed by atoms with E-state index in [2.05, 4.69) is 0 Å². The van der Waals surface area contributed by atoms with E-state index in [-0.39, 0.29) is 25.8 Å². The van der Waals surface area contributed by atoms with E-state index in [1.807, 2.05) is 0 Å². The van der Waals surface area contributed by atoms with Crippen LogP contribution in [0.1, 0.15) is 32.6 Å². The molecule has 1 heterocycles. The molecule has 0 aromatic rings. The molecule has 0 radical (unpaired) electrons. The van der Waals surface area contributed by atoms with Crippen LogP contribution >= 0.6 is 0 Å². The van der Waals surface area contributed by atoms with Gasteiger partial charge in [0.15, 0.2) is 0 Å². The minimum Gasteiger partial charge on any atom is -0.480 e. The molecular weight excluding hydrogens is 280 g/mol. The normalized spacial score (nSPS) is 35.0. The molecule has 2 unspecified atom stereocenters. The number of carbonyl (C=O) groups is 1. The van der Waals surface area contributed by atoms with Crippen LogP contribution in [0, 0.1) is 5.92 Å². The quantitative estimate of drug-likeness (QED) is 0.848. The van der Waals surface area contributed by atoms with Crippen LogP contribution < -0.4 is 0 Å². The van der Waals surface area contributed by atoms with E-state index in [1.165, 1.54) is 6.92 Å². The molecule has 1 saturated carbocycles. The summed E-state index contributed by atoms with van der Waals surface area (Å²) in [7, 11) is -3.97. The lowest BCUT2D eigenvalue weighted by Crippen LogP contribution is -2.54. The van der Waals surface area contributed by atoms with Gasteiger partial charge in [-0.3, -0.25) is 4.79 Å². The van der Waals surface area contributed by atoms with E-state index in [1.54, 1.807) is 0 Å². The van der Waals surface area contributed by atoms with Crippen molar-refractivity contribution in [2.75, 3.05) is 12.3 Å². The van der Waals surface area contributed by atoms with E-state index in [0.29, 0.717) is 6.42 Å². The van der Waals surface area contributed by atoms with Crippen LogP contribution in [0.25, 0.3) is 0 Å². The van der Waals surface area contributed by atoms with E-state index < -0.39 is 39.1 Å². The number of hydrogen-bond donors (Lipinski definition) is 1. The first-order chi connectivity index (χ1) is 8.59. The van der Waals surface area contributed by atoms with Crippen LogP contribution in [0.15, 0.2) is 0 Å². The topological polar surface area (TPSA) is 74.7 Å². The van der Waals surface area contributed by atoms with Gasteiger partial charge in [-0.15, -0.1) is 0 Å². The Hall–Kier alpha value is -0.760. The molecule has 0 amide bonds. The van der Waals surface area contributed by atoms with E-state index in [9.17, 15) is 22.0 Å². The van der Waals surface area contributed by atoms with Crippen molar-refractivity contribution >= 4 is 16.0 Å². The number of hydrogen-bond acceptors (Lipinski definition) is 3. The lowest BCUT2D eigenvalue weighted by molar-refractivity contribution is -0.146. The Labute approximate surface area is 110 Å². The van der Waals surface area contributed by atoms with Crippen molar-refractivity contribution in [3.05, 3.63) is 0 Å². The Kier molecular flexibility index (Phi) is 3.37. The van der Waals surface area contributed by atoms with Crippen molar-refractivity contribution in [3.8, 4) is 0 Å². The fraction of sp³-hybridized carbons (Fsp3) is 0.909. The second-order valence-electron chi connectivity index (χ2n) is 5.53. The minimum absolute atomic E-state index is 0.0867. The molecule has 19 heavy (non-hydrogen) atoms. The van der Waals surface area contributed by atoms with Gasteiger partial charge in [0.2, 0.25) is 10.0 Å². The fourth-order valence-corrected chi connectivity index (χ4v) is 5.00. The molecule has 8 heteroatoms. The Balaban J connectivity index is 2.18. The average molecular weight is 297 g/mol. The highest BCUT2D eigenvalue weighted by Crippen LogP contribution is 2.45. The summed E-state index contributed by atoms with van der Waals surface area (Å²) in [4.78, 5) is 11.2. The lowest BCUT2D eigenvalue weighted by atomic mass is 9.82. The maximum Gasteiger partial charge on any atom is 0.324 e. The molecule has 110 valence electrons. The zero-order valence-electron chi connectivity index (χ0n) is 10.6. The third kappa shape index (κ3) is 2.35. The molecule has 1 aliphatic heterocycles. The molecule has 0 bridgehead atoms. The maximum absolute atomic E-state index is 13.2. The third-order valence-electron chi connectivity index (χ3n) is 4.21. The van der Waals surface area contributed by atoms with Gasteiger partial charge < -0.3 is 5.11 Å². The zero-order chi connectivity index (χ0) is 14.5. The van der Waals surface area contributed by atoms with Crippen LogP contribution in [-0.2, 0) is 14.8 Å². The number of carboxylic acids is 1. The van der Waals surface area contributed by atoms with Gasteiger partial charge >= 0.3 is 5.97 Å². The molecule has 1 N–H and O–H groups in total. The highest BCUT2D eigenvalue weighted by molar-refractivity contribution is 7.89. The van der Waals surface area contributed by atoms with Crippen LogP contribution in [0.5, 0.6) is 0 Å². The van der Waals surface area contributed by atoms with Crippen molar-refractivity contribution in [2.45, 2.75) is 44.1 Å². The van der Waals surface area contributed by atoms with Gasteiger partial charge in [0, 0.05) is 18.9 Å². The summed E-state index contributed by atoms with van der Waals surface area (Å²) in [5, 5.41) is 9.16. The predicted octanol–water partition coefficient (Wildman–Crippen LogP) is 1.30. The first-order valence-electron chi connectivity index (χ1n) is 6.21. The van der Waals surface area contributed by atoms with Crippen LogP contribution in [0.2, 0.25) is 0 Å². The lowest BCUT2D eigenvalue weighted by Gasteiger charge is -2.38. The van der Waals surface area contributed by atoms with Gasteiger partial charge in [-0.2, -0.15) is 4.31 Å². The molecule has 2 aliphatic rings. The number of halogens is 2. The molecule has 1 aliphatic carbocycles. The van der Waals surface area contributed by atoms with E-state index >= 15 is 0 Å². The number of alkyl halides is 2. The molecule has 1 saturated heterocycles. The Bertz CT molecular complexity index is 493. The Morgan fingerprint density at radius 3 is 2.47 bits per heavy atom. The first kappa shape index (κ1) is 14.6. The fourth-order valence-electron chi connectivity index (χ4n) is 2.71. The molecular formula is C11H17F2NO4S. The molecule has 2 rings (SSSR count). The Morgan fingerprint density at radius 2 is 2.05 bits per heavy atom. The molecule has 0 aromatic heterocycles. The summed E-state index contributed by atoms with van der Waals surface area (Å²) in [6.07, 6.45) is 0.527. The molecule has 2 fully saturated rings. The minimum atomic E-state index is -3.97. The molecule has 0 aromatic carbocycles. The molecule has 0 spiro atoms. The van der Waals surface area contributed by atoms with Gasteiger partial charge in [0.25, 0.3) is 5.92 Å². The van der Waals surface area contributed by atoms with Crippen molar-refractivity contribution in [1.29, 1.82) is 0 Å². The largest absolute Gasteiger partial charge is 0.480 e. The van der Waals surface area contributed by atoms with Crippen molar-refractivity contribution in [2.24, 2.45) is 5.92 Å². The zero-order valence-corrected chi connectivity index (χ0v) is 11.4. The third-order valence-corrected chi connectivity index (χ3v) is 6.29. The van der Waals surface area contributed by atoms with E-state index in [4.69, 9.17) is 5.11 Å². The maximum atomic E-state index is 13.2. The smallest absolute Gasteiger partial charge is 0.324 e. The second kappa shape index (κ2) is 4.37. The standard InChI is InChI=1S/C11H17F2NO4S/c1-10(9(15)16)4-2-6-14(10)19(17,18)7-8-3-5-11(8,12)13/h8H,2-7H2,1H3,(H,15,16). The van der Waals surface area contributed by atoms with Crippen LogP contribution in [0.3, 0.4) is 0 Å². The SMILES string of the molecule is CC1(C(=O)O)CCCN1S(=O)(=O)CC1CCC1(F)F. The van der Waals surface area contributed by atoms with Crippen LogP contribution in [0.4, 0.5) is 8.78 Å². The summed E-state index contributed by atoms with van der Waals surface area (Å²) >= 11 is 0. The number of sulfonamides is 1. The second-order valence-corrected chi connectivity index (χ2v) is 7.47. The van der Waals surface area contributed by atoms with Gasteiger partial charge in [-0.1, -0.05) is 0 Å². The first-order valence-corrected chi connectivity index (χ1v) is 7.82. The predicted molar refractivity (Wildman–Crippen MR) is 63.4 cm³/mol. The van der Waals surface area contributed by atoms with Gasteiger partial charge in [0.05, 0.1) is 5.75 Å². The number of nitrogens with zero attached hydrogens (tertiary/aromatic N) is 1. The number of rotatable bonds is 4. The van der Waals surface area contributed by atoms with E-state index in [0.717, 1.165) is 4.31 Å². The Morgan fingerprint density at radius 1 is 1.42 bits per heavy atom. The number of aliphatic carboxylic acids is 1. The molecule has 2 atom stereocenters. The average Bonchev–Trinajstić information content (AvgIpc) is 2.69. The highest BCUT2D eigenvalue weighted by atomic mass is 32.2. The highest BCUT2D eigenvalue weighted by Gasteiger charge is 2.54. The van der Waals surface area contributed by atoms with Crippen molar-refractivity contribution < 1.29 is 27.1 Å². The van der Waals surface area contributed by atoms with Gasteiger partial charge in [-0.25, -0.2) is 17.2 Å². The summed E-state index contributed by atoms with van der Waals surface area (Å²) in [6.45, 7) is 1.42. The summed E-state index contributed by atoms with van der Waals surface area (Å²) in [5.41, 5.74) is -1.50. The summed E-state index contributed by atoms with van der Waals surface area (Å²) < 4.78 is 51.6. The van der Waals surface area contributed by atoms with Crippen LogP contribution in [-0.4, -0.2) is 47.6 Å². The van der Waals surface area contributed by atoms with Gasteiger partial charge in [0.1, 0.15) is 5.54 Å². The summed E-state index contributed by atoms with van der Waals surface area (Å²) in [6, 6.07) is 0. The summed E-state index contributed by atoms with van der Waals surface area (Å²) in [5.74, 6) is -6.01. The van der Waals surface area contributed by atoms with Gasteiger partial charge in [-0.05, 0) is 26.2 Å². The number of carboxylic acid groups (broad SMARTS) is 1. The van der Waals surface area contributed by atoms with Crippen molar-refractivity contribution in [1.82, 2.24) is 4.31 Å². The van der Waals surface area contributed by atoms with Crippen molar-refractivity contribution in [3.63, 3.8) is 0 Å².